The van der Waals surface area contributed by atoms with E-state index in [1.807, 2.05) is 12.1 Å². The van der Waals surface area contributed by atoms with Gasteiger partial charge in [-0.15, -0.1) is 0 Å². The van der Waals surface area contributed by atoms with Crippen LogP contribution in [0.3, 0.4) is 0 Å². The monoisotopic (exact) mass is 454 g/mol. The first-order chi connectivity index (χ1) is 16.6. The second-order valence-corrected chi connectivity index (χ2v) is 9.93. The maximum absolute atomic E-state index is 9.49. The Morgan fingerprint density at radius 1 is 1.03 bits per heavy atom. The molecule has 2 atom stereocenters. The van der Waals surface area contributed by atoms with Crippen LogP contribution in [0.4, 0.5) is 11.4 Å². The van der Waals surface area contributed by atoms with Crippen LogP contribution in [0.5, 0.6) is 0 Å². The van der Waals surface area contributed by atoms with Crippen LogP contribution in [0.25, 0.3) is 10.9 Å². The minimum atomic E-state index is 0.415. The molecule has 176 valence electrons. The second kappa shape index (κ2) is 10.0. The summed E-state index contributed by atoms with van der Waals surface area (Å²) in [6, 6.07) is 19.8. The molecule has 3 aromatic rings. The van der Waals surface area contributed by atoms with E-state index in [0.29, 0.717) is 17.5 Å². The van der Waals surface area contributed by atoms with Crippen molar-refractivity contribution in [1.82, 2.24) is 15.2 Å². The number of hydrogen-bond acceptors (Lipinski definition) is 6. The van der Waals surface area contributed by atoms with E-state index in [0.717, 1.165) is 56.7 Å². The highest BCUT2D eigenvalue weighted by Crippen LogP contribution is 2.31. The highest BCUT2D eigenvalue weighted by atomic mass is 15.2. The van der Waals surface area contributed by atoms with Gasteiger partial charge in [0, 0.05) is 74.8 Å². The zero-order valence-electron chi connectivity index (χ0n) is 20.2. The number of piperazine rings is 1. The molecule has 6 heteroatoms. The molecular formula is C28H34N6. The van der Waals surface area contributed by atoms with Gasteiger partial charge in [-0.25, -0.2) is 0 Å². The van der Waals surface area contributed by atoms with Crippen molar-refractivity contribution in [2.75, 3.05) is 56.1 Å². The lowest BCUT2D eigenvalue weighted by Crippen LogP contribution is -2.48. The first-order valence-corrected chi connectivity index (χ1v) is 12.4. The molecule has 34 heavy (non-hydrogen) atoms. The number of nitrogens with zero attached hydrogens (tertiary/aromatic N) is 5. The van der Waals surface area contributed by atoms with Crippen molar-refractivity contribution >= 4 is 22.3 Å². The van der Waals surface area contributed by atoms with Crippen molar-refractivity contribution in [3.8, 4) is 6.07 Å². The van der Waals surface area contributed by atoms with E-state index in [-0.39, 0.29) is 0 Å². The highest BCUT2D eigenvalue weighted by Gasteiger charge is 2.26. The van der Waals surface area contributed by atoms with Crippen LogP contribution in [0, 0.1) is 17.2 Å². The number of nitriles is 1. The van der Waals surface area contributed by atoms with Gasteiger partial charge in [-0.1, -0.05) is 19.1 Å². The number of fused-ring (bicyclic) bond motifs is 1. The number of nitrogens with one attached hydrogen (secondary N) is 1. The van der Waals surface area contributed by atoms with Gasteiger partial charge in [-0.2, -0.15) is 5.26 Å². The Kier molecular flexibility index (Phi) is 6.66. The number of anilines is 2. The van der Waals surface area contributed by atoms with Crippen LogP contribution in [0.15, 0.2) is 54.7 Å². The third-order valence-electron chi connectivity index (χ3n) is 7.24. The van der Waals surface area contributed by atoms with Crippen molar-refractivity contribution in [1.29, 1.82) is 5.26 Å². The van der Waals surface area contributed by atoms with Crippen LogP contribution in [0.1, 0.15) is 24.5 Å². The summed E-state index contributed by atoms with van der Waals surface area (Å²) in [6.07, 6.45) is 2.94. The summed E-state index contributed by atoms with van der Waals surface area (Å²) in [5.74, 6) is 0.588. The van der Waals surface area contributed by atoms with Crippen LogP contribution >= 0.6 is 0 Å². The van der Waals surface area contributed by atoms with Crippen molar-refractivity contribution in [2.24, 2.45) is 5.92 Å². The van der Waals surface area contributed by atoms with E-state index in [4.69, 9.17) is 0 Å². The molecule has 2 aliphatic heterocycles. The fraction of sp³-hybridized carbons (Fsp3) is 0.429. The van der Waals surface area contributed by atoms with E-state index < -0.39 is 0 Å². The Bertz CT molecular complexity index is 1180. The lowest BCUT2D eigenvalue weighted by Gasteiger charge is -2.39. The van der Waals surface area contributed by atoms with E-state index in [2.05, 4.69) is 81.4 Å². The van der Waals surface area contributed by atoms with E-state index in [1.165, 1.54) is 23.4 Å². The quantitative estimate of drug-likeness (QED) is 0.632. The van der Waals surface area contributed by atoms with Gasteiger partial charge in [0.1, 0.15) is 6.07 Å². The number of benzene rings is 2. The molecule has 0 bridgehead atoms. The fourth-order valence-corrected chi connectivity index (χ4v) is 5.41. The number of aromatic nitrogens is 1. The van der Waals surface area contributed by atoms with Crippen molar-refractivity contribution < 1.29 is 0 Å². The van der Waals surface area contributed by atoms with Crippen molar-refractivity contribution in [3.63, 3.8) is 0 Å². The number of rotatable bonds is 5. The molecule has 2 aromatic carbocycles. The number of piperidine rings is 1. The maximum Gasteiger partial charge on any atom is 0.101 e. The van der Waals surface area contributed by atoms with Gasteiger partial charge in [0.25, 0.3) is 0 Å². The van der Waals surface area contributed by atoms with Crippen molar-refractivity contribution in [2.45, 2.75) is 25.9 Å². The van der Waals surface area contributed by atoms with E-state index >= 15 is 0 Å². The predicted molar refractivity (Wildman–Crippen MR) is 139 cm³/mol. The molecule has 0 spiro atoms. The van der Waals surface area contributed by atoms with Crippen LogP contribution in [0.2, 0.25) is 0 Å². The molecule has 5 rings (SSSR count). The minimum absolute atomic E-state index is 0.415. The topological polar surface area (TPSA) is 58.4 Å². The molecule has 0 amide bonds. The van der Waals surface area contributed by atoms with Crippen LogP contribution < -0.4 is 15.1 Å². The summed E-state index contributed by atoms with van der Waals surface area (Å²) in [5.41, 5.74) is 5.29. The summed E-state index contributed by atoms with van der Waals surface area (Å²) < 4.78 is 0. The van der Waals surface area contributed by atoms with Gasteiger partial charge in [0.05, 0.1) is 11.1 Å². The van der Waals surface area contributed by atoms with Gasteiger partial charge >= 0.3 is 0 Å². The Labute approximate surface area is 202 Å². The molecular weight excluding hydrogens is 420 g/mol. The average molecular weight is 455 g/mol. The molecule has 1 aromatic heterocycles. The molecule has 0 aliphatic carbocycles. The fourth-order valence-electron chi connectivity index (χ4n) is 5.41. The van der Waals surface area contributed by atoms with E-state index in [1.54, 1.807) is 6.20 Å². The summed E-state index contributed by atoms with van der Waals surface area (Å²) in [7, 11) is 2.20. The summed E-state index contributed by atoms with van der Waals surface area (Å²) in [4.78, 5) is 11.9. The Hall–Kier alpha value is -3.14. The molecule has 6 nitrogen and oxygen atoms in total. The predicted octanol–water partition coefficient (Wildman–Crippen LogP) is 3.86. The SMILES string of the molecule is C[C@H]1C[C@@H](NCc2cccc(N3CCN(C)CC3)c2)CN(c2ccc(C#N)c3ncccc23)C1. The lowest BCUT2D eigenvalue weighted by molar-refractivity contribution is 0.313. The molecule has 2 saturated heterocycles. The Morgan fingerprint density at radius 3 is 2.71 bits per heavy atom. The molecule has 1 N–H and O–H groups in total. The van der Waals surface area contributed by atoms with Crippen molar-refractivity contribution in [3.05, 3.63) is 65.9 Å². The number of hydrogen-bond donors (Lipinski definition) is 1. The van der Waals surface area contributed by atoms with Gasteiger partial charge in [-0.3, -0.25) is 4.98 Å². The zero-order chi connectivity index (χ0) is 23.5. The Morgan fingerprint density at radius 2 is 1.88 bits per heavy atom. The van der Waals surface area contributed by atoms with Crippen LogP contribution in [-0.2, 0) is 6.54 Å². The smallest absolute Gasteiger partial charge is 0.101 e. The summed E-state index contributed by atoms with van der Waals surface area (Å²) >= 11 is 0. The van der Waals surface area contributed by atoms with E-state index in [9.17, 15) is 5.26 Å². The van der Waals surface area contributed by atoms with Gasteiger partial charge in [0.2, 0.25) is 0 Å². The van der Waals surface area contributed by atoms with Gasteiger partial charge < -0.3 is 20.0 Å². The minimum Gasteiger partial charge on any atom is -0.369 e. The number of likely N-dealkylation sites (N-methyl/N-ethyl adjacent to an activating group) is 1. The van der Waals surface area contributed by atoms with Crippen LogP contribution in [-0.4, -0.2) is 62.2 Å². The summed E-state index contributed by atoms with van der Waals surface area (Å²) in [6.45, 7) is 9.62. The molecule has 3 heterocycles. The Balaban J connectivity index is 1.28. The maximum atomic E-state index is 9.49. The normalized spacial score (nSPS) is 21.6. The molecule has 2 fully saturated rings. The molecule has 0 unspecified atom stereocenters. The first-order valence-electron chi connectivity index (χ1n) is 12.4. The largest absolute Gasteiger partial charge is 0.369 e. The zero-order valence-corrected chi connectivity index (χ0v) is 20.2. The second-order valence-electron chi connectivity index (χ2n) is 9.93. The number of pyridine rings is 1. The third kappa shape index (κ3) is 4.86. The van der Waals surface area contributed by atoms with Gasteiger partial charge in [-0.05, 0) is 61.3 Å². The average Bonchev–Trinajstić information content (AvgIpc) is 2.87. The molecule has 2 aliphatic rings. The first kappa shape index (κ1) is 22.6. The third-order valence-corrected chi connectivity index (χ3v) is 7.24. The lowest BCUT2D eigenvalue weighted by atomic mass is 9.94. The van der Waals surface area contributed by atoms with Gasteiger partial charge in [0.15, 0.2) is 0 Å². The highest BCUT2D eigenvalue weighted by molar-refractivity contribution is 5.95. The standard InChI is InChI=1S/C28H34N6/c1-21-15-24(31-18-22-5-3-6-25(16-22)33-13-11-32(2)12-14-33)20-34(19-21)27-9-8-23(17-29)28-26(27)7-4-10-30-28/h3-10,16,21,24,31H,11-15,18-20H2,1-2H3/t21-,24+/m0/s1. The summed E-state index contributed by atoms with van der Waals surface area (Å²) in [5, 5.41) is 14.4. The molecule has 0 radical (unpaired) electrons. The molecule has 0 saturated carbocycles.